The lowest BCUT2D eigenvalue weighted by atomic mass is 10.2. The molecule has 1 aliphatic rings. The number of hydrogen-bond acceptors (Lipinski definition) is 3. The van der Waals surface area contributed by atoms with Crippen LogP contribution in [0, 0.1) is 5.82 Å². The third-order valence-electron chi connectivity index (χ3n) is 2.62. The van der Waals surface area contributed by atoms with E-state index in [2.05, 4.69) is 4.98 Å². The van der Waals surface area contributed by atoms with Crippen LogP contribution in [0.3, 0.4) is 0 Å². The third kappa shape index (κ3) is 2.44. The highest BCUT2D eigenvalue weighted by Crippen LogP contribution is 2.21. The minimum Gasteiger partial charge on any atom is -0.380 e. The Bertz CT molecular complexity index is 354. The molecule has 1 aromatic rings. The first-order valence-corrected chi connectivity index (χ1v) is 5.88. The lowest BCUT2D eigenvalue weighted by molar-refractivity contribution is 0.152. The molecule has 5 heteroatoms. The molecule has 0 radical (unpaired) electrons. The van der Waals surface area contributed by atoms with Gasteiger partial charge in [-0.2, -0.15) is 0 Å². The first kappa shape index (κ1) is 11.6. The summed E-state index contributed by atoms with van der Waals surface area (Å²) in [5, 5.41) is 0. The van der Waals surface area contributed by atoms with Gasteiger partial charge in [-0.3, -0.25) is 0 Å². The Kier molecular flexibility index (Phi) is 3.96. The molecule has 0 saturated carbocycles. The quantitative estimate of drug-likeness (QED) is 0.746. The van der Waals surface area contributed by atoms with Crippen LogP contribution in [0.25, 0.3) is 0 Å². The maximum absolute atomic E-state index is 14.0. The van der Waals surface area contributed by atoms with Gasteiger partial charge in [-0.1, -0.05) is 0 Å². The van der Waals surface area contributed by atoms with Crippen molar-refractivity contribution in [2.45, 2.75) is 12.3 Å². The Balaban J connectivity index is 2.24. The van der Waals surface area contributed by atoms with Crippen LogP contribution in [-0.2, 0) is 10.6 Å². The van der Waals surface area contributed by atoms with Crippen LogP contribution in [0.4, 0.5) is 10.2 Å². The molecule has 2 heterocycles. The summed E-state index contributed by atoms with van der Waals surface area (Å²) in [5.41, 5.74) is 0.497. The molecule has 0 aliphatic carbocycles. The Labute approximate surface area is 99.2 Å². The lowest BCUT2D eigenvalue weighted by Crippen LogP contribution is -2.28. The zero-order valence-corrected chi connectivity index (χ0v) is 9.71. The first-order chi connectivity index (χ1) is 7.83. The van der Waals surface area contributed by atoms with Crippen LogP contribution in [0.15, 0.2) is 12.3 Å². The highest BCUT2D eigenvalue weighted by molar-refractivity contribution is 6.17. The number of hydrogen-bond donors (Lipinski definition) is 0. The summed E-state index contributed by atoms with van der Waals surface area (Å²) in [7, 11) is 0. The second kappa shape index (κ2) is 5.46. The van der Waals surface area contributed by atoms with Gasteiger partial charge in [-0.15, -0.1) is 11.6 Å². The third-order valence-corrected chi connectivity index (χ3v) is 2.90. The van der Waals surface area contributed by atoms with Crippen molar-refractivity contribution in [3.8, 4) is 0 Å². The maximum atomic E-state index is 14.0. The minimum atomic E-state index is -0.306. The number of nitrogens with zero attached hydrogens (tertiary/aromatic N) is 2. The van der Waals surface area contributed by atoms with Gasteiger partial charge in [-0.05, 0) is 12.5 Å². The van der Waals surface area contributed by atoms with Crippen molar-refractivity contribution in [3.05, 3.63) is 23.6 Å². The van der Waals surface area contributed by atoms with E-state index in [1.807, 2.05) is 4.90 Å². The number of anilines is 1. The molecule has 1 saturated heterocycles. The SMILES string of the molecule is Fc1c(CCl)ccnc1N1CCCOCC1. The van der Waals surface area contributed by atoms with E-state index in [0.717, 1.165) is 19.6 Å². The fourth-order valence-electron chi connectivity index (χ4n) is 1.75. The fourth-order valence-corrected chi connectivity index (χ4v) is 1.96. The van der Waals surface area contributed by atoms with Crippen LogP contribution in [-0.4, -0.2) is 31.3 Å². The first-order valence-electron chi connectivity index (χ1n) is 5.35. The zero-order chi connectivity index (χ0) is 11.4. The van der Waals surface area contributed by atoms with Crippen LogP contribution in [0.1, 0.15) is 12.0 Å². The normalized spacial score (nSPS) is 17.2. The summed E-state index contributed by atoms with van der Waals surface area (Å²) in [6, 6.07) is 1.61. The Morgan fingerprint density at radius 2 is 2.31 bits per heavy atom. The number of halogens is 2. The summed E-state index contributed by atoms with van der Waals surface area (Å²) in [5.74, 6) is 0.258. The summed E-state index contributed by atoms with van der Waals surface area (Å²) in [6.07, 6.45) is 2.49. The van der Waals surface area contributed by atoms with E-state index in [1.54, 1.807) is 12.3 Å². The second-order valence-electron chi connectivity index (χ2n) is 3.69. The van der Waals surface area contributed by atoms with E-state index in [9.17, 15) is 4.39 Å². The molecule has 0 unspecified atom stereocenters. The largest absolute Gasteiger partial charge is 0.380 e. The molecular weight excluding hydrogens is 231 g/mol. The van der Waals surface area contributed by atoms with Gasteiger partial charge in [0, 0.05) is 31.5 Å². The lowest BCUT2D eigenvalue weighted by Gasteiger charge is -2.21. The number of pyridine rings is 1. The highest BCUT2D eigenvalue weighted by atomic mass is 35.5. The smallest absolute Gasteiger partial charge is 0.170 e. The molecule has 0 amide bonds. The summed E-state index contributed by atoms with van der Waals surface area (Å²) < 4.78 is 19.3. The topological polar surface area (TPSA) is 25.4 Å². The van der Waals surface area contributed by atoms with E-state index < -0.39 is 0 Å². The van der Waals surface area contributed by atoms with Gasteiger partial charge in [0.1, 0.15) is 0 Å². The molecule has 0 atom stereocenters. The van der Waals surface area contributed by atoms with E-state index in [-0.39, 0.29) is 11.7 Å². The maximum Gasteiger partial charge on any atom is 0.170 e. The van der Waals surface area contributed by atoms with E-state index in [0.29, 0.717) is 24.5 Å². The van der Waals surface area contributed by atoms with Gasteiger partial charge in [0.2, 0.25) is 0 Å². The van der Waals surface area contributed by atoms with Crippen molar-refractivity contribution in [3.63, 3.8) is 0 Å². The molecule has 2 rings (SSSR count). The second-order valence-corrected chi connectivity index (χ2v) is 3.96. The average Bonchev–Trinajstić information content (AvgIpc) is 2.58. The van der Waals surface area contributed by atoms with Crippen LogP contribution < -0.4 is 4.90 Å². The molecule has 16 heavy (non-hydrogen) atoms. The van der Waals surface area contributed by atoms with E-state index in [4.69, 9.17) is 16.3 Å². The number of aromatic nitrogens is 1. The molecular formula is C11H14ClFN2O. The van der Waals surface area contributed by atoms with Gasteiger partial charge >= 0.3 is 0 Å². The fraction of sp³-hybridized carbons (Fsp3) is 0.545. The van der Waals surface area contributed by atoms with E-state index in [1.165, 1.54) is 0 Å². The molecule has 88 valence electrons. The summed E-state index contributed by atoms with van der Waals surface area (Å²) in [6.45, 7) is 2.80. The monoisotopic (exact) mass is 244 g/mol. The average molecular weight is 245 g/mol. The van der Waals surface area contributed by atoms with Crippen molar-refractivity contribution in [2.75, 3.05) is 31.2 Å². The van der Waals surface area contributed by atoms with Crippen molar-refractivity contribution in [2.24, 2.45) is 0 Å². The number of alkyl halides is 1. The van der Waals surface area contributed by atoms with Gasteiger partial charge < -0.3 is 9.64 Å². The molecule has 1 fully saturated rings. The number of rotatable bonds is 2. The summed E-state index contributed by atoms with van der Waals surface area (Å²) in [4.78, 5) is 6.00. The molecule has 1 aromatic heterocycles. The van der Waals surface area contributed by atoms with Gasteiger partial charge in [-0.25, -0.2) is 9.37 Å². The van der Waals surface area contributed by atoms with Gasteiger partial charge in [0.15, 0.2) is 11.6 Å². The Morgan fingerprint density at radius 3 is 3.12 bits per heavy atom. The highest BCUT2D eigenvalue weighted by Gasteiger charge is 2.17. The summed E-state index contributed by atoms with van der Waals surface area (Å²) >= 11 is 5.66. The van der Waals surface area contributed by atoms with Crippen molar-refractivity contribution in [1.82, 2.24) is 4.98 Å². The zero-order valence-electron chi connectivity index (χ0n) is 8.96. The van der Waals surface area contributed by atoms with Crippen LogP contribution in [0.5, 0.6) is 0 Å². The minimum absolute atomic E-state index is 0.172. The van der Waals surface area contributed by atoms with Crippen molar-refractivity contribution >= 4 is 17.4 Å². The van der Waals surface area contributed by atoms with Crippen LogP contribution >= 0.6 is 11.6 Å². The molecule has 0 N–H and O–H groups in total. The van der Waals surface area contributed by atoms with Gasteiger partial charge in [0.25, 0.3) is 0 Å². The predicted octanol–water partition coefficient (Wildman–Crippen LogP) is 2.19. The molecule has 0 bridgehead atoms. The van der Waals surface area contributed by atoms with Crippen molar-refractivity contribution in [1.29, 1.82) is 0 Å². The molecule has 3 nitrogen and oxygen atoms in total. The Hall–Kier alpha value is -0.870. The molecule has 0 aromatic carbocycles. The molecule has 0 spiro atoms. The van der Waals surface area contributed by atoms with Gasteiger partial charge in [0.05, 0.1) is 12.5 Å². The van der Waals surface area contributed by atoms with Crippen molar-refractivity contribution < 1.29 is 9.13 Å². The van der Waals surface area contributed by atoms with E-state index >= 15 is 0 Å². The number of ether oxygens (including phenoxy) is 1. The standard InChI is InChI=1S/C11H14ClFN2O/c12-8-9-2-3-14-11(10(9)13)15-4-1-6-16-7-5-15/h2-3H,1,4-8H2. The predicted molar refractivity (Wildman–Crippen MR) is 61.4 cm³/mol. The van der Waals surface area contributed by atoms with Crippen LogP contribution in [0.2, 0.25) is 0 Å². The Morgan fingerprint density at radius 1 is 1.44 bits per heavy atom. The molecule has 1 aliphatic heterocycles.